The van der Waals surface area contributed by atoms with Crippen LogP contribution in [0.5, 0.6) is 0 Å². The average molecular weight is 297 g/mol. The van der Waals surface area contributed by atoms with Crippen LogP contribution in [-0.4, -0.2) is 31.3 Å². The van der Waals surface area contributed by atoms with E-state index in [2.05, 4.69) is 37.9 Å². The third kappa shape index (κ3) is 4.10. The zero-order valence-electron chi connectivity index (χ0n) is 12.7. The molecule has 0 N–H and O–H groups in total. The molecule has 0 saturated carbocycles. The van der Waals surface area contributed by atoms with Crippen molar-refractivity contribution in [2.75, 3.05) is 25.1 Å². The van der Waals surface area contributed by atoms with Crippen LogP contribution >= 0.6 is 11.6 Å². The standard InChI is InChI=1S/C16H25ClN2O/c1-12(2)15-8-13(10-17)9-16(18-15)19(3)11-14-6-4-5-7-20-14/h8-9,12,14H,4-7,10-11H2,1-3H3. The largest absolute Gasteiger partial charge is 0.376 e. The van der Waals surface area contributed by atoms with Gasteiger partial charge in [0.1, 0.15) is 5.82 Å². The Hall–Kier alpha value is -0.800. The summed E-state index contributed by atoms with van der Waals surface area (Å²) in [6, 6.07) is 4.19. The Balaban J connectivity index is 2.11. The van der Waals surface area contributed by atoms with Crippen molar-refractivity contribution >= 4 is 17.4 Å². The van der Waals surface area contributed by atoms with Gasteiger partial charge in [-0.3, -0.25) is 0 Å². The maximum atomic E-state index is 6.00. The van der Waals surface area contributed by atoms with Crippen molar-refractivity contribution in [2.24, 2.45) is 0 Å². The van der Waals surface area contributed by atoms with E-state index < -0.39 is 0 Å². The lowest BCUT2D eigenvalue weighted by Gasteiger charge is -2.28. The van der Waals surface area contributed by atoms with E-state index >= 15 is 0 Å². The van der Waals surface area contributed by atoms with Crippen molar-refractivity contribution < 1.29 is 4.74 Å². The van der Waals surface area contributed by atoms with Gasteiger partial charge in [-0.15, -0.1) is 11.6 Å². The number of hydrogen-bond acceptors (Lipinski definition) is 3. The summed E-state index contributed by atoms with van der Waals surface area (Å²) in [5.74, 6) is 1.94. The van der Waals surface area contributed by atoms with Gasteiger partial charge in [0.05, 0.1) is 6.10 Å². The highest BCUT2D eigenvalue weighted by atomic mass is 35.5. The summed E-state index contributed by atoms with van der Waals surface area (Å²) in [7, 11) is 2.09. The lowest BCUT2D eigenvalue weighted by Crippen LogP contribution is -2.33. The fourth-order valence-electron chi connectivity index (χ4n) is 2.51. The first-order chi connectivity index (χ1) is 9.60. The highest BCUT2D eigenvalue weighted by Gasteiger charge is 2.17. The predicted octanol–water partition coefficient (Wildman–Crippen LogP) is 3.95. The topological polar surface area (TPSA) is 25.4 Å². The van der Waals surface area contributed by atoms with Crippen LogP contribution in [0, 0.1) is 0 Å². The lowest BCUT2D eigenvalue weighted by atomic mass is 10.1. The van der Waals surface area contributed by atoms with Crippen molar-refractivity contribution in [3.05, 3.63) is 23.4 Å². The number of nitrogens with zero attached hydrogens (tertiary/aromatic N) is 2. The van der Waals surface area contributed by atoms with E-state index in [1.165, 1.54) is 12.8 Å². The molecule has 0 bridgehead atoms. The molecule has 2 rings (SSSR count). The van der Waals surface area contributed by atoms with E-state index in [1.807, 2.05) is 0 Å². The molecule has 0 amide bonds. The number of alkyl halides is 1. The third-order valence-corrected chi connectivity index (χ3v) is 4.09. The molecule has 0 spiro atoms. The molecular weight excluding hydrogens is 272 g/mol. The predicted molar refractivity (Wildman–Crippen MR) is 84.7 cm³/mol. The number of pyridine rings is 1. The Labute approximate surface area is 127 Å². The fraction of sp³-hybridized carbons (Fsp3) is 0.688. The monoisotopic (exact) mass is 296 g/mol. The van der Waals surface area contributed by atoms with Crippen LogP contribution in [0.15, 0.2) is 12.1 Å². The molecule has 1 unspecified atom stereocenters. The van der Waals surface area contributed by atoms with Crippen LogP contribution in [0.3, 0.4) is 0 Å². The van der Waals surface area contributed by atoms with E-state index in [0.717, 1.165) is 36.6 Å². The summed E-state index contributed by atoms with van der Waals surface area (Å²) in [6.07, 6.45) is 3.94. The molecule has 3 nitrogen and oxygen atoms in total. The SMILES string of the molecule is CC(C)c1cc(CCl)cc(N(C)CC2CCCCO2)n1. The number of likely N-dealkylation sites (N-methyl/N-ethyl adjacent to an activating group) is 1. The normalized spacial score (nSPS) is 19.4. The number of hydrogen-bond donors (Lipinski definition) is 0. The summed E-state index contributed by atoms with van der Waals surface area (Å²) < 4.78 is 5.81. The zero-order chi connectivity index (χ0) is 14.5. The van der Waals surface area contributed by atoms with Crippen LogP contribution in [0.25, 0.3) is 0 Å². The minimum absolute atomic E-state index is 0.331. The maximum absolute atomic E-state index is 6.00. The second-order valence-electron chi connectivity index (χ2n) is 5.92. The average Bonchev–Trinajstić information content (AvgIpc) is 2.47. The van der Waals surface area contributed by atoms with Crippen LogP contribution in [0.2, 0.25) is 0 Å². The van der Waals surface area contributed by atoms with Crippen LogP contribution < -0.4 is 4.90 Å². The Bertz CT molecular complexity index is 430. The molecule has 20 heavy (non-hydrogen) atoms. The van der Waals surface area contributed by atoms with Crippen LogP contribution in [0.4, 0.5) is 5.82 Å². The smallest absolute Gasteiger partial charge is 0.128 e. The molecule has 1 aliphatic rings. The zero-order valence-corrected chi connectivity index (χ0v) is 13.5. The van der Waals surface area contributed by atoms with E-state index in [9.17, 15) is 0 Å². The minimum Gasteiger partial charge on any atom is -0.376 e. The first-order valence-corrected chi connectivity index (χ1v) is 8.03. The first-order valence-electron chi connectivity index (χ1n) is 7.49. The molecule has 0 aromatic carbocycles. The van der Waals surface area contributed by atoms with Gasteiger partial charge in [0.2, 0.25) is 0 Å². The second kappa shape index (κ2) is 7.28. The maximum Gasteiger partial charge on any atom is 0.128 e. The summed E-state index contributed by atoms with van der Waals surface area (Å²) in [4.78, 5) is 6.95. The summed E-state index contributed by atoms with van der Waals surface area (Å²) >= 11 is 6.00. The quantitative estimate of drug-likeness (QED) is 0.769. The molecule has 1 aliphatic heterocycles. The van der Waals surface area contributed by atoms with Crippen molar-refractivity contribution in [1.29, 1.82) is 0 Å². The van der Waals surface area contributed by atoms with Gasteiger partial charge < -0.3 is 9.64 Å². The number of aromatic nitrogens is 1. The molecule has 1 aromatic rings. The molecule has 0 aliphatic carbocycles. The summed E-state index contributed by atoms with van der Waals surface area (Å²) in [5, 5.41) is 0. The molecule has 112 valence electrons. The Kier molecular flexibility index (Phi) is 5.67. The number of halogens is 1. The van der Waals surface area contributed by atoms with Crippen LogP contribution in [-0.2, 0) is 10.6 Å². The molecule has 1 atom stereocenters. The Morgan fingerprint density at radius 3 is 2.80 bits per heavy atom. The van der Waals surface area contributed by atoms with E-state index in [1.54, 1.807) is 0 Å². The third-order valence-electron chi connectivity index (χ3n) is 3.78. The molecule has 4 heteroatoms. The van der Waals surface area contributed by atoms with Gasteiger partial charge in [-0.2, -0.15) is 0 Å². The van der Waals surface area contributed by atoms with Gasteiger partial charge in [0.15, 0.2) is 0 Å². The number of rotatable bonds is 5. The van der Waals surface area contributed by atoms with Crippen molar-refractivity contribution in [3.8, 4) is 0 Å². The fourth-order valence-corrected chi connectivity index (χ4v) is 2.67. The van der Waals surface area contributed by atoms with E-state index in [-0.39, 0.29) is 0 Å². The molecule has 1 fully saturated rings. The number of anilines is 1. The number of ether oxygens (including phenoxy) is 1. The van der Waals surface area contributed by atoms with Crippen molar-refractivity contribution in [1.82, 2.24) is 4.98 Å². The highest BCUT2D eigenvalue weighted by Crippen LogP contribution is 2.22. The summed E-state index contributed by atoms with van der Waals surface area (Å²) in [5.41, 5.74) is 2.24. The first kappa shape index (κ1) is 15.6. The molecule has 1 saturated heterocycles. The molecule has 1 aromatic heterocycles. The van der Waals surface area contributed by atoms with E-state index in [4.69, 9.17) is 21.3 Å². The molecule has 2 heterocycles. The van der Waals surface area contributed by atoms with Gasteiger partial charge >= 0.3 is 0 Å². The molecule has 0 radical (unpaired) electrons. The van der Waals surface area contributed by atoms with Gasteiger partial charge in [0, 0.05) is 31.8 Å². The molecular formula is C16H25ClN2O. The second-order valence-corrected chi connectivity index (χ2v) is 6.18. The minimum atomic E-state index is 0.331. The van der Waals surface area contributed by atoms with Crippen LogP contribution in [0.1, 0.15) is 50.3 Å². The Morgan fingerprint density at radius 1 is 1.40 bits per heavy atom. The lowest BCUT2D eigenvalue weighted by molar-refractivity contribution is 0.0215. The van der Waals surface area contributed by atoms with Crippen molar-refractivity contribution in [2.45, 2.75) is 51.0 Å². The van der Waals surface area contributed by atoms with Gasteiger partial charge in [-0.1, -0.05) is 13.8 Å². The van der Waals surface area contributed by atoms with Crippen molar-refractivity contribution in [3.63, 3.8) is 0 Å². The van der Waals surface area contributed by atoms with Gasteiger partial charge in [-0.05, 0) is 42.9 Å². The van der Waals surface area contributed by atoms with Gasteiger partial charge in [-0.25, -0.2) is 4.98 Å². The van der Waals surface area contributed by atoms with Gasteiger partial charge in [0.25, 0.3) is 0 Å². The Morgan fingerprint density at radius 2 is 2.20 bits per heavy atom. The summed E-state index contributed by atoms with van der Waals surface area (Å²) in [6.45, 7) is 6.11. The van der Waals surface area contributed by atoms with E-state index in [0.29, 0.717) is 17.9 Å². The highest BCUT2D eigenvalue weighted by molar-refractivity contribution is 6.17.